The Morgan fingerprint density at radius 3 is 2.59 bits per heavy atom. The Balaban J connectivity index is 0.00000242. The molecule has 0 spiro atoms. The summed E-state index contributed by atoms with van der Waals surface area (Å²) in [6, 6.07) is 0.552. The fourth-order valence-electron chi connectivity index (χ4n) is 2.66. The first-order chi connectivity index (χ1) is 10.2. The van der Waals surface area contributed by atoms with E-state index in [0.717, 1.165) is 37.8 Å². The highest BCUT2D eigenvalue weighted by atomic mass is 127. The second-order valence-corrected chi connectivity index (χ2v) is 5.93. The first-order valence-electron chi connectivity index (χ1n) is 7.99. The van der Waals surface area contributed by atoms with Gasteiger partial charge in [0.2, 0.25) is 0 Å². The molecule has 0 aromatic carbocycles. The highest BCUT2D eigenvalue weighted by molar-refractivity contribution is 14.0. The lowest BCUT2D eigenvalue weighted by atomic mass is 9.97. The van der Waals surface area contributed by atoms with Gasteiger partial charge in [-0.05, 0) is 32.1 Å². The van der Waals surface area contributed by atoms with Crippen LogP contribution in [0.15, 0.2) is 17.6 Å². The summed E-state index contributed by atoms with van der Waals surface area (Å²) in [6.07, 6.45) is 4.71. The van der Waals surface area contributed by atoms with E-state index in [2.05, 4.69) is 28.7 Å². The Labute approximate surface area is 150 Å². The second-order valence-electron chi connectivity index (χ2n) is 5.93. The summed E-state index contributed by atoms with van der Waals surface area (Å²) in [4.78, 5) is 18.6. The number of hydrogen-bond acceptors (Lipinski definition) is 3. The molecule has 0 radical (unpaired) electrons. The SMILES string of the molecule is C=CCN=C(NC1CC1C)N1CCC(C(=O)OCC)CC1.I. The molecule has 5 nitrogen and oxygen atoms in total. The number of esters is 1. The first-order valence-corrected chi connectivity index (χ1v) is 7.99. The maximum atomic E-state index is 11.8. The quantitative estimate of drug-likeness (QED) is 0.244. The van der Waals surface area contributed by atoms with Crippen LogP contribution in [-0.4, -0.2) is 49.1 Å². The summed E-state index contributed by atoms with van der Waals surface area (Å²) in [7, 11) is 0. The number of ether oxygens (including phenoxy) is 1. The summed E-state index contributed by atoms with van der Waals surface area (Å²) in [5.74, 6) is 1.69. The normalized spacial score (nSPS) is 25.2. The third-order valence-electron chi connectivity index (χ3n) is 4.21. The molecule has 2 unspecified atom stereocenters. The van der Waals surface area contributed by atoms with Gasteiger partial charge in [0.25, 0.3) is 0 Å². The lowest BCUT2D eigenvalue weighted by molar-refractivity contribution is -0.149. The van der Waals surface area contributed by atoms with Crippen LogP contribution in [0.2, 0.25) is 0 Å². The second kappa shape index (κ2) is 9.37. The molecule has 2 rings (SSSR count). The van der Waals surface area contributed by atoms with Crippen LogP contribution in [0.4, 0.5) is 0 Å². The topological polar surface area (TPSA) is 53.9 Å². The van der Waals surface area contributed by atoms with Gasteiger partial charge >= 0.3 is 5.97 Å². The third-order valence-corrected chi connectivity index (χ3v) is 4.21. The van der Waals surface area contributed by atoms with Crippen molar-refractivity contribution in [2.75, 3.05) is 26.2 Å². The molecule has 1 N–H and O–H groups in total. The molecule has 2 fully saturated rings. The molecule has 0 aromatic rings. The van der Waals surface area contributed by atoms with E-state index in [0.29, 0.717) is 19.2 Å². The van der Waals surface area contributed by atoms with Crippen molar-refractivity contribution in [3.05, 3.63) is 12.7 Å². The minimum atomic E-state index is -0.0505. The van der Waals surface area contributed by atoms with Crippen LogP contribution in [0.5, 0.6) is 0 Å². The molecular formula is C16H28IN3O2. The third kappa shape index (κ3) is 5.44. The van der Waals surface area contributed by atoms with Gasteiger partial charge < -0.3 is 15.0 Å². The van der Waals surface area contributed by atoms with E-state index < -0.39 is 0 Å². The fourth-order valence-corrected chi connectivity index (χ4v) is 2.66. The standard InChI is InChI=1S/C16H27N3O2.HI/c1-4-8-17-16(18-14-11-12(14)3)19-9-6-13(7-10-19)15(20)21-5-2;/h4,12-14H,1,5-11H2,2-3H3,(H,17,18);1H. The monoisotopic (exact) mass is 421 g/mol. The zero-order valence-corrected chi connectivity index (χ0v) is 15.9. The molecule has 22 heavy (non-hydrogen) atoms. The van der Waals surface area contributed by atoms with Crippen molar-refractivity contribution in [3.63, 3.8) is 0 Å². The van der Waals surface area contributed by atoms with E-state index in [9.17, 15) is 4.79 Å². The van der Waals surface area contributed by atoms with Gasteiger partial charge in [-0.25, -0.2) is 4.99 Å². The van der Waals surface area contributed by atoms with E-state index in [4.69, 9.17) is 4.74 Å². The molecule has 2 aliphatic rings. The van der Waals surface area contributed by atoms with Gasteiger partial charge in [0.15, 0.2) is 5.96 Å². The molecule has 126 valence electrons. The minimum Gasteiger partial charge on any atom is -0.466 e. The van der Waals surface area contributed by atoms with Crippen LogP contribution in [0, 0.1) is 11.8 Å². The summed E-state index contributed by atoms with van der Waals surface area (Å²) in [5.41, 5.74) is 0. The molecule has 1 saturated heterocycles. The van der Waals surface area contributed by atoms with E-state index >= 15 is 0 Å². The molecule has 1 aliphatic heterocycles. The molecule has 0 amide bonds. The van der Waals surface area contributed by atoms with Gasteiger partial charge in [-0.1, -0.05) is 13.0 Å². The van der Waals surface area contributed by atoms with Crippen molar-refractivity contribution in [1.29, 1.82) is 0 Å². The van der Waals surface area contributed by atoms with Crippen molar-refractivity contribution in [3.8, 4) is 0 Å². The van der Waals surface area contributed by atoms with Crippen molar-refractivity contribution in [2.45, 2.75) is 39.2 Å². The Kier molecular flexibility index (Phi) is 8.20. The van der Waals surface area contributed by atoms with Crippen molar-refractivity contribution in [2.24, 2.45) is 16.8 Å². The largest absolute Gasteiger partial charge is 0.466 e. The highest BCUT2D eigenvalue weighted by Gasteiger charge is 2.35. The number of halogens is 1. The number of piperidine rings is 1. The molecule has 2 atom stereocenters. The van der Waals surface area contributed by atoms with Gasteiger partial charge in [0.05, 0.1) is 19.1 Å². The van der Waals surface area contributed by atoms with Crippen LogP contribution in [0.3, 0.4) is 0 Å². The number of likely N-dealkylation sites (tertiary alicyclic amines) is 1. The van der Waals surface area contributed by atoms with Gasteiger partial charge in [-0.2, -0.15) is 0 Å². The highest BCUT2D eigenvalue weighted by Crippen LogP contribution is 2.29. The molecule has 6 heteroatoms. The lowest BCUT2D eigenvalue weighted by Gasteiger charge is -2.33. The van der Waals surface area contributed by atoms with Crippen LogP contribution in [-0.2, 0) is 9.53 Å². The molecule has 1 aliphatic carbocycles. The molecule has 1 saturated carbocycles. The van der Waals surface area contributed by atoms with E-state index in [1.165, 1.54) is 6.42 Å². The smallest absolute Gasteiger partial charge is 0.309 e. The average molecular weight is 421 g/mol. The number of carbonyl (C=O) groups is 1. The van der Waals surface area contributed by atoms with Gasteiger partial charge in [-0.3, -0.25) is 4.79 Å². The van der Waals surface area contributed by atoms with Crippen molar-refractivity contribution >= 4 is 35.9 Å². The lowest BCUT2D eigenvalue weighted by Crippen LogP contribution is -2.47. The van der Waals surface area contributed by atoms with Crippen LogP contribution in [0.1, 0.15) is 33.1 Å². The Bertz CT molecular complexity index is 406. The molecular weight excluding hydrogens is 393 g/mol. The van der Waals surface area contributed by atoms with Gasteiger partial charge in [0, 0.05) is 19.1 Å². The van der Waals surface area contributed by atoms with Crippen LogP contribution in [0.25, 0.3) is 0 Å². The Morgan fingerprint density at radius 1 is 1.45 bits per heavy atom. The zero-order chi connectivity index (χ0) is 15.2. The van der Waals surface area contributed by atoms with E-state index in [1.807, 2.05) is 13.0 Å². The molecule has 0 bridgehead atoms. The maximum absolute atomic E-state index is 11.8. The number of carbonyl (C=O) groups excluding carboxylic acids is 1. The summed E-state index contributed by atoms with van der Waals surface area (Å²) < 4.78 is 5.11. The zero-order valence-electron chi connectivity index (χ0n) is 13.6. The first kappa shape index (κ1) is 19.3. The number of aliphatic imine (C=N–C) groups is 1. The van der Waals surface area contributed by atoms with Gasteiger partial charge in [0.1, 0.15) is 0 Å². The maximum Gasteiger partial charge on any atom is 0.309 e. The number of nitrogens with zero attached hydrogens (tertiary/aromatic N) is 2. The number of nitrogens with one attached hydrogen (secondary N) is 1. The van der Waals surface area contributed by atoms with Crippen molar-refractivity contribution in [1.82, 2.24) is 10.2 Å². The number of rotatable bonds is 5. The minimum absolute atomic E-state index is 0. The van der Waals surface area contributed by atoms with Crippen LogP contribution >= 0.6 is 24.0 Å². The van der Waals surface area contributed by atoms with E-state index in [-0.39, 0.29) is 35.9 Å². The predicted molar refractivity (Wildman–Crippen MR) is 99.5 cm³/mol. The predicted octanol–water partition coefficient (Wildman–Crippen LogP) is 2.42. The molecule has 0 aromatic heterocycles. The fraction of sp³-hybridized carbons (Fsp3) is 0.750. The van der Waals surface area contributed by atoms with Crippen LogP contribution < -0.4 is 5.32 Å². The van der Waals surface area contributed by atoms with Crippen molar-refractivity contribution < 1.29 is 9.53 Å². The summed E-state index contributed by atoms with van der Waals surface area (Å²) in [5, 5.41) is 3.53. The number of hydrogen-bond donors (Lipinski definition) is 1. The van der Waals surface area contributed by atoms with Gasteiger partial charge in [-0.15, -0.1) is 30.6 Å². The molecule has 1 heterocycles. The Morgan fingerprint density at radius 2 is 2.09 bits per heavy atom. The Hall–Kier alpha value is -0.790. The number of guanidine groups is 1. The average Bonchev–Trinajstić information content (AvgIpc) is 3.19. The van der Waals surface area contributed by atoms with E-state index in [1.54, 1.807) is 0 Å². The summed E-state index contributed by atoms with van der Waals surface area (Å²) in [6.45, 7) is 10.6. The summed E-state index contributed by atoms with van der Waals surface area (Å²) >= 11 is 0.